The van der Waals surface area contributed by atoms with Gasteiger partial charge in [0.1, 0.15) is 5.60 Å². The third kappa shape index (κ3) is 1.92. The summed E-state index contributed by atoms with van der Waals surface area (Å²) in [7, 11) is 0. The summed E-state index contributed by atoms with van der Waals surface area (Å²) in [5.41, 5.74) is -3.65. The van der Waals surface area contributed by atoms with Gasteiger partial charge >= 0.3 is 0 Å². The van der Waals surface area contributed by atoms with Crippen LogP contribution in [0.2, 0.25) is 0 Å². The molecule has 5 nitrogen and oxygen atoms in total. The van der Waals surface area contributed by atoms with Gasteiger partial charge in [0.05, 0.1) is 23.9 Å². The minimum Gasteiger partial charge on any atom is -0.392 e. The average molecular weight is 354 g/mol. The lowest BCUT2D eigenvalue weighted by Gasteiger charge is -2.47. The number of hydrogen-bond acceptors (Lipinski definition) is 5. The standard InChI is InChI=1S/C20H34O5/c1-10-11-5-6-12-16(23)19(11,9-18(12,4)24)8-15(22)20(25)13(10)7-14(21)17(20,2)3/h10-16,21-25H,5-9H2,1-4H3/t10-,11-,12?,13-,14-,15+,16?,18+,19-,20-/m0/s1. The minimum absolute atomic E-state index is 0.0723. The van der Waals surface area contributed by atoms with Crippen molar-refractivity contribution in [2.24, 2.45) is 34.5 Å². The van der Waals surface area contributed by atoms with Gasteiger partial charge < -0.3 is 25.5 Å². The van der Waals surface area contributed by atoms with Gasteiger partial charge in [0.25, 0.3) is 0 Å². The van der Waals surface area contributed by atoms with Crippen molar-refractivity contribution in [3.05, 3.63) is 0 Å². The summed E-state index contributed by atoms with van der Waals surface area (Å²) in [6.45, 7) is 7.59. The maximum absolute atomic E-state index is 11.7. The molecule has 0 saturated heterocycles. The van der Waals surface area contributed by atoms with Crippen LogP contribution >= 0.6 is 0 Å². The molecule has 4 aliphatic carbocycles. The summed E-state index contributed by atoms with van der Waals surface area (Å²) in [5.74, 6) is -0.147. The number of aliphatic hydroxyl groups is 5. The molecule has 144 valence electrons. The highest BCUT2D eigenvalue weighted by Crippen LogP contribution is 2.68. The molecule has 0 aromatic carbocycles. The van der Waals surface area contributed by atoms with Crippen LogP contribution in [-0.2, 0) is 0 Å². The van der Waals surface area contributed by atoms with Crippen LogP contribution in [0.1, 0.15) is 59.8 Å². The monoisotopic (exact) mass is 354 g/mol. The van der Waals surface area contributed by atoms with Gasteiger partial charge in [0, 0.05) is 16.7 Å². The fourth-order valence-electron chi connectivity index (χ4n) is 7.79. The molecule has 5 heteroatoms. The second-order valence-electron chi connectivity index (χ2n) is 10.5. The maximum Gasteiger partial charge on any atom is 0.101 e. The van der Waals surface area contributed by atoms with E-state index >= 15 is 0 Å². The third-order valence-electron chi connectivity index (χ3n) is 9.24. The molecule has 10 atom stereocenters. The van der Waals surface area contributed by atoms with Gasteiger partial charge in [-0.1, -0.05) is 20.8 Å². The van der Waals surface area contributed by atoms with Crippen molar-refractivity contribution in [2.45, 2.75) is 89.3 Å². The van der Waals surface area contributed by atoms with Crippen molar-refractivity contribution >= 4 is 0 Å². The van der Waals surface area contributed by atoms with Crippen molar-refractivity contribution in [3.8, 4) is 0 Å². The molecule has 5 N–H and O–H groups in total. The second kappa shape index (κ2) is 4.99. The molecule has 0 heterocycles. The topological polar surface area (TPSA) is 101 Å². The van der Waals surface area contributed by atoms with Crippen LogP contribution in [0.4, 0.5) is 0 Å². The van der Waals surface area contributed by atoms with Gasteiger partial charge in [-0.3, -0.25) is 0 Å². The normalized spacial score (nSPS) is 63.0. The highest BCUT2D eigenvalue weighted by atomic mass is 16.4. The van der Waals surface area contributed by atoms with E-state index in [0.717, 1.165) is 12.8 Å². The van der Waals surface area contributed by atoms with Gasteiger partial charge in [0.2, 0.25) is 0 Å². The highest BCUT2D eigenvalue weighted by molar-refractivity contribution is 5.22. The Morgan fingerprint density at radius 1 is 0.840 bits per heavy atom. The zero-order valence-corrected chi connectivity index (χ0v) is 15.8. The van der Waals surface area contributed by atoms with Crippen LogP contribution in [0.15, 0.2) is 0 Å². The molecular weight excluding hydrogens is 320 g/mol. The van der Waals surface area contributed by atoms with Crippen LogP contribution in [-0.4, -0.2) is 55.0 Å². The minimum atomic E-state index is -1.37. The first-order chi connectivity index (χ1) is 11.4. The predicted molar refractivity (Wildman–Crippen MR) is 92.5 cm³/mol. The van der Waals surface area contributed by atoms with Crippen LogP contribution in [0.5, 0.6) is 0 Å². The van der Waals surface area contributed by atoms with Crippen LogP contribution in [0.3, 0.4) is 0 Å². The van der Waals surface area contributed by atoms with Gasteiger partial charge in [-0.25, -0.2) is 0 Å². The Bertz CT molecular complexity index is 574. The smallest absolute Gasteiger partial charge is 0.101 e. The largest absolute Gasteiger partial charge is 0.392 e. The Hall–Kier alpha value is -0.200. The number of aliphatic hydroxyl groups excluding tert-OH is 3. The number of hydrogen-bond donors (Lipinski definition) is 5. The van der Waals surface area contributed by atoms with Crippen LogP contribution < -0.4 is 0 Å². The zero-order chi connectivity index (χ0) is 18.6. The van der Waals surface area contributed by atoms with Gasteiger partial charge in [-0.15, -0.1) is 0 Å². The van der Waals surface area contributed by atoms with Crippen LogP contribution in [0, 0.1) is 34.5 Å². The van der Waals surface area contributed by atoms with E-state index in [0.29, 0.717) is 19.3 Å². The van der Waals surface area contributed by atoms with Gasteiger partial charge in [-0.05, 0) is 56.8 Å². The van der Waals surface area contributed by atoms with Crippen LogP contribution in [0.25, 0.3) is 0 Å². The van der Waals surface area contributed by atoms with Crippen molar-refractivity contribution < 1.29 is 25.5 Å². The summed E-state index contributed by atoms with van der Waals surface area (Å²) in [6.07, 6.45) is 0.606. The first kappa shape index (κ1) is 18.2. The van der Waals surface area contributed by atoms with E-state index in [1.807, 2.05) is 20.8 Å². The van der Waals surface area contributed by atoms with E-state index in [4.69, 9.17) is 0 Å². The lowest BCUT2D eigenvalue weighted by atomic mass is 9.59. The molecule has 25 heavy (non-hydrogen) atoms. The lowest BCUT2D eigenvalue weighted by molar-refractivity contribution is -0.178. The highest BCUT2D eigenvalue weighted by Gasteiger charge is 2.72. The van der Waals surface area contributed by atoms with E-state index in [2.05, 4.69) is 6.92 Å². The number of fused-ring (bicyclic) bond motifs is 2. The maximum atomic E-state index is 11.7. The van der Waals surface area contributed by atoms with Gasteiger partial charge in [-0.2, -0.15) is 0 Å². The Balaban J connectivity index is 1.83. The van der Waals surface area contributed by atoms with E-state index in [-0.39, 0.29) is 23.7 Å². The second-order valence-corrected chi connectivity index (χ2v) is 10.5. The first-order valence-corrected chi connectivity index (χ1v) is 9.88. The van der Waals surface area contributed by atoms with Crippen molar-refractivity contribution in [2.75, 3.05) is 0 Å². The molecule has 0 aromatic heterocycles. The molecular formula is C20H34O5. The summed E-state index contributed by atoms with van der Waals surface area (Å²) in [4.78, 5) is 0. The number of rotatable bonds is 0. The fourth-order valence-corrected chi connectivity index (χ4v) is 7.79. The van der Waals surface area contributed by atoms with Gasteiger partial charge in [0.15, 0.2) is 0 Å². The Kier molecular flexibility index (Phi) is 3.63. The summed E-state index contributed by atoms with van der Waals surface area (Å²) < 4.78 is 0. The molecule has 4 aliphatic rings. The van der Waals surface area contributed by atoms with E-state index in [1.54, 1.807) is 0 Å². The molecule has 0 aliphatic heterocycles. The quantitative estimate of drug-likeness (QED) is 0.448. The summed E-state index contributed by atoms with van der Waals surface area (Å²) >= 11 is 0. The van der Waals surface area contributed by atoms with E-state index in [1.165, 1.54) is 0 Å². The third-order valence-corrected chi connectivity index (χ3v) is 9.24. The summed E-state index contributed by atoms with van der Waals surface area (Å²) in [6, 6.07) is 0. The molecule has 4 saturated carbocycles. The predicted octanol–water partition coefficient (Wildman–Crippen LogP) is 1.05. The molecule has 1 spiro atoms. The Labute approximate surface area is 150 Å². The fraction of sp³-hybridized carbons (Fsp3) is 1.00. The molecule has 0 radical (unpaired) electrons. The molecule has 4 rings (SSSR count). The van der Waals surface area contributed by atoms with E-state index in [9.17, 15) is 25.5 Å². The molecule has 2 bridgehead atoms. The molecule has 2 unspecified atom stereocenters. The average Bonchev–Trinajstić information content (AvgIpc) is 2.71. The van der Waals surface area contributed by atoms with Crippen molar-refractivity contribution in [1.29, 1.82) is 0 Å². The lowest BCUT2D eigenvalue weighted by Crippen LogP contribution is -2.57. The van der Waals surface area contributed by atoms with Crippen molar-refractivity contribution in [1.82, 2.24) is 0 Å². The zero-order valence-electron chi connectivity index (χ0n) is 15.8. The Morgan fingerprint density at radius 2 is 1.44 bits per heavy atom. The first-order valence-electron chi connectivity index (χ1n) is 9.88. The molecule has 0 amide bonds. The summed E-state index contributed by atoms with van der Waals surface area (Å²) in [5, 5.41) is 55.4. The van der Waals surface area contributed by atoms with Crippen molar-refractivity contribution in [3.63, 3.8) is 0 Å². The van der Waals surface area contributed by atoms with E-state index < -0.39 is 40.3 Å². The molecule has 4 fully saturated rings. The Morgan fingerprint density at radius 3 is 2.08 bits per heavy atom. The molecule has 0 aromatic rings. The SMILES string of the molecule is C[C@H]1[C@@H]2CCC3C(O)[C@@]2(C[C@@H](O)[C@@]2(O)[C@H]1C[C@H](O)C2(C)C)C[C@@]3(C)O.